The molecular weight excluding hydrogens is 207 g/mol. The first-order chi connectivity index (χ1) is 6.06. The number of rotatable bonds is 2. The van der Waals surface area contributed by atoms with Crippen molar-refractivity contribution in [3.05, 3.63) is 28.3 Å². The molecule has 0 atom stereocenters. The highest BCUT2D eigenvalue weighted by Crippen LogP contribution is 2.26. The number of nitrogens with zero attached hydrogens (tertiary/aromatic N) is 1. The lowest BCUT2D eigenvalue weighted by Gasteiger charge is -2.04. The lowest BCUT2D eigenvalue weighted by Crippen LogP contribution is -1.99. The number of aliphatic hydroxyl groups excluding tert-OH is 1. The topological polar surface area (TPSA) is 33.1 Å². The van der Waals surface area contributed by atoms with Crippen LogP contribution in [-0.4, -0.2) is 10.1 Å². The van der Waals surface area contributed by atoms with Crippen LogP contribution in [0.15, 0.2) is 6.07 Å². The molecule has 0 aliphatic rings. The molecule has 0 spiro atoms. The summed E-state index contributed by atoms with van der Waals surface area (Å²) in [6, 6.07) is 0.801. The Morgan fingerprint density at radius 3 is 2.62 bits per heavy atom. The first-order valence-corrected chi connectivity index (χ1v) is 3.68. The minimum absolute atomic E-state index is 0.292. The quantitative estimate of drug-likeness (QED) is 0.762. The molecule has 0 unspecified atom stereocenters. The van der Waals surface area contributed by atoms with Crippen molar-refractivity contribution in [2.24, 2.45) is 0 Å². The monoisotopic (exact) mass is 211 g/mol. The van der Waals surface area contributed by atoms with Crippen molar-refractivity contribution < 1.29 is 18.3 Å². The number of aliphatic hydroxyl groups is 1. The molecule has 0 aliphatic heterocycles. The maximum atomic E-state index is 12.7. The van der Waals surface area contributed by atoms with Gasteiger partial charge in [-0.15, -0.1) is 0 Å². The molecule has 1 N–H and O–H groups in total. The van der Waals surface area contributed by atoms with Gasteiger partial charge in [0.15, 0.2) is 0 Å². The van der Waals surface area contributed by atoms with E-state index >= 15 is 0 Å². The molecule has 0 aromatic carbocycles. The van der Waals surface area contributed by atoms with Gasteiger partial charge < -0.3 is 5.11 Å². The molecular formula is C7H5ClF3NO. The largest absolute Gasteiger partial charge is 0.392 e. The van der Waals surface area contributed by atoms with Gasteiger partial charge in [0, 0.05) is 5.56 Å². The first-order valence-electron chi connectivity index (χ1n) is 3.30. The fourth-order valence-electron chi connectivity index (χ4n) is 0.793. The average Bonchev–Trinajstić information content (AvgIpc) is 2.03. The third-order valence-electron chi connectivity index (χ3n) is 1.43. The molecule has 1 heterocycles. The lowest BCUT2D eigenvalue weighted by molar-refractivity contribution is 0.150. The summed E-state index contributed by atoms with van der Waals surface area (Å²) in [6.45, 7) is -0.685. The molecule has 1 rings (SSSR count). The highest BCUT2D eigenvalue weighted by molar-refractivity contribution is 6.30. The Morgan fingerprint density at radius 2 is 2.15 bits per heavy atom. The maximum Gasteiger partial charge on any atom is 0.266 e. The summed E-state index contributed by atoms with van der Waals surface area (Å²) in [4.78, 5) is 3.02. The number of halogens is 4. The van der Waals surface area contributed by atoms with Crippen LogP contribution in [0.3, 0.4) is 0 Å². The minimum Gasteiger partial charge on any atom is -0.392 e. The molecule has 72 valence electrons. The van der Waals surface area contributed by atoms with E-state index < -0.39 is 29.7 Å². The zero-order chi connectivity index (χ0) is 10.0. The summed E-state index contributed by atoms with van der Waals surface area (Å²) in [7, 11) is 0. The van der Waals surface area contributed by atoms with Gasteiger partial charge in [0.25, 0.3) is 6.43 Å². The molecule has 0 fully saturated rings. The fourth-order valence-corrected chi connectivity index (χ4v) is 1.00. The van der Waals surface area contributed by atoms with Gasteiger partial charge in [-0.25, -0.2) is 13.8 Å². The van der Waals surface area contributed by atoms with Gasteiger partial charge in [-0.3, -0.25) is 0 Å². The molecule has 0 bridgehead atoms. The van der Waals surface area contributed by atoms with E-state index in [0.717, 1.165) is 6.07 Å². The Hall–Kier alpha value is -0.810. The maximum absolute atomic E-state index is 12.7. The molecule has 2 nitrogen and oxygen atoms in total. The number of alkyl halides is 2. The molecule has 1 aromatic heterocycles. The molecule has 0 saturated heterocycles. The Bertz CT molecular complexity index is 319. The van der Waals surface area contributed by atoms with Crippen LogP contribution < -0.4 is 0 Å². The second-order valence-corrected chi connectivity index (χ2v) is 2.64. The van der Waals surface area contributed by atoms with E-state index in [0.29, 0.717) is 0 Å². The van der Waals surface area contributed by atoms with Gasteiger partial charge in [0.05, 0.1) is 12.2 Å². The number of pyridine rings is 1. The Labute approximate surface area is 77.0 Å². The second-order valence-electron chi connectivity index (χ2n) is 2.28. The van der Waals surface area contributed by atoms with Crippen molar-refractivity contribution in [2.75, 3.05) is 0 Å². The van der Waals surface area contributed by atoms with Gasteiger partial charge in [0.1, 0.15) is 5.15 Å². The van der Waals surface area contributed by atoms with Crippen LogP contribution in [0.4, 0.5) is 13.2 Å². The van der Waals surface area contributed by atoms with Crippen molar-refractivity contribution in [1.82, 2.24) is 4.98 Å². The molecule has 13 heavy (non-hydrogen) atoms. The van der Waals surface area contributed by atoms with Crippen molar-refractivity contribution in [1.29, 1.82) is 0 Å². The predicted molar refractivity (Wildman–Crippen MR) is 40.1 cm³/mol. The van der Waals surface area contributed by atoms with E-state index in [2.05, 4.69) is 4.98 Å². The molecule has 6 heteroatoms. The van der Waals surface area contributed by atoms with E-state index in [1.54, 1.807) is 0 Å². The standard InChI is InChI=1S/C7H5ClF3NO/c8-5-4(6(9)10)1-3(2-13)7(11)12-5/h1,6,13H,2H2. The van der Waals surface area contributed by atoms with Crippen molar-refractivity contribution in [3.63, 3.8) is 0 Å². The smallest absolute Gasteiger partial charge is 0.266 e. The molecule has 1 aromatic rings. The molecule has 0 amide bonds. The van der Waals surface area contributed by atoms with E-state index in [1.165, 1.54) is 0 Å². The van der Waals surface area contributed by atoms with Crippen LogP contribution >= 0.6 is 11.6 Å². The Balaban J connectivity index is 3.22. The predicted octanol–water partition coefficient (Wildman–Crippen LogP) is 2.30. The van der Waals surface area contributed by atoms with Crippen LogP contribution in [0.5, 0.6) is 0 Å². The van der Waals surface area contributed by atoms with Gasteiger partial charge in [0.2, 0.25) is 5.95 Å². The molecule has 0 saturated carbocycles. The summed E-state index contributed by atoms with van der Waals surface area (Å²) in [5, 5.41) is 7.97. The Morgan fingerprint density at radius 1 is 1.54 bits per heavy atom. The third kappa shape index (κ3) is 2.10. The normalized spacial score (nSPS) is 10.9. The summed E-state index contributed by atoms with van der Waals surface area (Å²) >= 11 is 5.24. The van der Waals surface area contributed by atoms with Gasteiger partial charge in [-0.2, -0.15) is 4.39 Å². The van der Waals surface area contributed by atoms with E-state index in [-0.39, 0.29) is 5.56 Å². The second kappa shape index (κ2) is 3.93. The van der Waals surface area contributed by atoms with E-state index in [4.69, 9.17) is 16.7 Å². The zero-order valence-electron chi connectivity index (χ0n) is 6.27. The highest BCUT2D eigenvalue weighted by atomic mass is 35.5. The van der Waals surface area contributed by atoms with Crippen LogP contribution in [-0.2, 0) is 6.61 Å². The third-order valence-corrected chi connectivity index (χ3v) is 1.74. The van der Waals surface area contributed by atoms with Crippen LogP contribution in [0, 0.1) is 5.95 Å². The minimum atomic E-state index is -2.83. The van der Waals surface area contributed by atoms with Crippen molar-refractivity contribution >= 4 is 11.6 Å². The van der Waals surface area contributed by atoms with Gasteiger partial charge in [-0.05, 0) is 6.07 Å². The van der Waals surface area contributed by atoms with Crippen LogP contribution in [0.2, 0.25) is 5.15 Å². The first kappa shape index (κ1) is 10.3. The van der Waals surface area contributed by atoms with E-state index in [1.807, 2.05) is 0 Å². The number of hydrogen-bond acceptors (Lipinski definition) is 2. The van der Waals surface area contributed by atoms with Gasteiger partial charge >= 0.3 is 0 Å². The fraction of sp³-hybridized carbons (Fsp3) is 0.286. The summed E-state index contributed by atoms with van der Waals surface area (Å²) in [5.41, 5.74) is -0.869. The summed E-state index contributed by atoms with van der Waals surface area (Å²) in [5.74, 6) is -1.03. The van der Waals surface area contributed by atoms with Crippen LogP contribution in [0.25, 0.3) is 0 Å². The summed E-state index contributed by atoms with van der Waals surface area (Å²) < 4.78 is 37.0. The van der Waals surface area contributed by atoms with Crippen molar-refractivity contribution in [3.8, 4) is 0 Å². The Kier molecular flexibility index (Phi) is 3.11. The van der Waals surface area contributed by atoms with Crippen molar-refractivity contribution in [2.45, 2.75) is 13.0 Å². The summed E-state index contributed by atoms with van der Waals surface area (Å²) in [6.07, 6.45) is -2.83. The van der Waals surface area contributed by atoms with Crippen LogP contribution in [0.1, 0.15) is 17.6 Å². The number of hydrogen-bond donors (Lipinski definition) is 1. The zero-order valence-corrected chi connectivity index (χ0v) is 7.02. The van der Waals surface area contributed by atoms with E-state index in [9.17, 15) is 13.2 Å². The lowest BCUT2D eigenvalue weighted by atomic mass is 10.2. The molecule has 0 radical (unpaired) electrons. The van der Waals surface area contributed by atoms with Gasteiger partial charge in [-0.1, -0.05) is 11.6 Å². The SMILES string of the molecule is OCc1cc(C(F)F)c(Cl)nc1F. The number of aromatic nitrogens is 1. The average molecular weight is 212 g/mol. The highest BCUT2D eigenvalue weighted by Gasteiger charge is 2.16. The molecule has 0 aliphatic carbocycles.